The zero-order chi connectivity index (χ0) is 23.0. The lowest BCUT2D eigenvalue weighted by molar-refractivity contribution is 0.102. The van der Waals surface area contributed by atoms with Crippen LogP contribution in [0.15, 0.2) is 42.5 Å². The summed E-state index contributed by atoms with van der Waals surface area (Å²) in [7, 11) is 0. The van der Waals surface area contributed by atoms with Crippen LogP contribution in [-0.4, -0.2) is 25.9 Å². The van der Waals surface area contributed by atoms with Crippen molar-refractivity contribution in [2.75, 3.05) is 5.32 Å². The van der Waals surface area contributed by atoms with Gasteiger partial charge in [0.25, 0.3) is 5.91 Å². The van der Waals surface area contributed by atoms with Crippen LogP contribution in [0.25, 0.3) is 11.3 Å². The summed E-state index contributed by atoms with van der Waals surface area (Å²) in [6.07, 6.45) is 0. The molecule has 2 heterocycles. The van der Waals surface area contributed by atoms with Crippen molar-refractivity contribution < 1.29 is 4.79 Å². The Labute approximate surface area is 204 Å². The fraction of sp³-hybridized carbons (Fsp3) is 0.136. The van der Waals surface area contributed by atoms with E-state index in [4.69, 9.17) is 46.4 Å². The number of aromatic nitrogens is 4. The molecule has 0 saturated heterocycles. The second-order valence-electron chi connectivity index (χ2n) is 7.18. The minimum absolute atomic E-state index is 0.290. The standard InChI is InChI=1S/C22H17Cl4N5O/c1-11-21(12(2)31(30-11)10-13-3-4-14(23)7-17(13)25)27-22(32)20-9-19(28-29-20)16-6-5-15(24)8-18(16)26/h3-9H,10H2,1-2H3,(H,27,32)(H,28,29). The zero-order valence-electron chi connectivity index (χ0n) is 17.0. The summed E-state index contributed by atoms with van der Waals surface area (Å²) in [5.41, 5.74) is 4.48. The lowest BCUT2D eigenvalue weighted by atomic mass is 10.1. The predicted molar refractivity (Wildman–Crippen MR) is 129 cm³/mol. The van der Waals surface area contributed by atoms with E-state index < -0.39 is 0 Å². The fourth-order valence-electron chi connectivity index (χ4n) is 3.30. The van der Waals surface area contributed by atoms with Crippen molar-refractivity contribution in [1.29, 1.82) is 0 Å². The number of carbonyl (C=O) groups is 1. The monoisotopic (exact) mass is 507 g/mol. The highest BCUT2D eigenvalue weighted by molar-refractivity contribution is 6.36. The maximum Gasteiger partial charge on any atom is 0.273 e. The van der Waals surface area contributed by atoms with Crippen LogP contribution in [0.3, 0.4) is 0 Å². The molecule has 0 aliphatic carbocycles. The van der Waals surface area contributed by atoms with Crippen LogP contribution in [0.2, 0.25) is 20.1 Å². The molecule has 1 amide bonds. The van der Waals surface area contributed by atoms with Crippen molar-refractivity contribution in [2.45, 2.75) is 20.4 Å². The van der Waals surface area contributed by atoms with Crippen LogP contribution >= 0.6 is 46.4 Å². The number of amides is 1. The summed E-state index contributed by atoms with van der Waals surface area (Å²) in [4.78, 5) is 12.9. The number of benzene rings is 2. The number of hydrogen-bond acceptors (Lipinski definition) is 3. The molecule has 6 nitrogen and oxygen atoms in total. The molecule has 0 unspecified atom stereocenters. The molecule has 0 aliphatic rings. The number of aryl methyl sites for hydroxylation is 1. The molecule has 0 fully saturated rings. The van der Waals surface area contributed by atoms with E-state index in [2.05, 4.69) is 20.6 Å². The number of anilines is 1. The lowest BCUT2D eigenvalue weighted by Gasteiger charge is -2.08. The van der Waals surface area contributed by atoms with E-state index in [1.165, 1.54) is 0 Å². The third kappa shape index (κ3) is 4.64. The second-order valence-corrected chi connectivity index (χ2v) is 8.87. The average molecular weight is 509 g/mol. The van der Waals surface area contributed by atoms with Crippen molar-refractivity contribution in [1.82, 2.24) is 20.0 Å². The second kappa shape index (κ2) is 9.16. The van der Waals surface area contributed by atoms with Gasteiger partial charge >= 0.3 is 0 Å². The highest BCUT2D eigenvalue weighted by Crippen LogP contribution is 2.30. The first kappa shape index (κ1) is 22.7. The quantitative estimate of drug-likeness (QED) is 0.311. The molecule has 2 aromatic heterocycles. The van der Waals surface area contributed by atoms with Gasteiger partial charge in [-0.2, -0.15) is 10.2 Å². The maximum atomic E-state index is 12.9. The van der Waals surface area contributed by atoms with Crippen molar-refractivity contribution in [2.24, 2.45) is 0 Å². The number of aromatic amines is 1. The van der Waals surface area contributed by atoms with Gasteiger partial charge in [0.1, 0.15) is 5.69 Å². The Hall–Kier alpha value is -2.51. The third-order valence-electron chi connectivity index (χ3n) is 4.98. The molecule has 0 bridgehead atoms. The van der Waals surface area contributed by atoms with E-state index in [0.717, 1.165) is 11.3 Å². The Morgan fingerprint density at radius 2 is 1.69 bits per heavy atom. The number of carbonyl (C=O) groups excluding carboxylic acids is 1. The smallest absolute Gasteiger partial charge is 0.273 e. The van der Waals surface area contributed by atoms with Gasteiger partial charge in [-0.15, -0.1) is 0 Å². The number of nitrogens with zero attached hydrogens (tertiary/aromatic N) is 3. The van der Waals surface area contributed by atoms with Gasteiger partial charge in [-0.1, -0.05) is 52.5 Å². The van der Waals surface area contributed by atoms with Crippen molar-refractivity contribution in [3.8, 4) is 11.3 Å². The molecule has 10 heteroatoms. The zero-order valence-corrected chi connectivity index (χ0v) is 20.0. The Bertz CT molecular complexity index is 1330. The van der Waals surface area contributed by atoms with Gasteiger partial charge in [-0.3, -0.25) is 14.6 Å². The van der Waals surface area contributed by atoms with Crippen molar-refractivity contribution in [3.63, 3.8) is 0 Å². The highest BCUT2D eigenvalue weighted by Gasteiger charge is 2.18. The lowest BCUT2D eigenvalue weighted by Crippen LogP contribution is -2.14. The third-order valence-corrected chi connectivity index (χ3v) is 6.12. The van der Waals surface area contributed by atoms with Crippen LogP contribution in [0.5, 0.6) is 0 Å². The van der Waals surface area contributed by atoms with E-state index >= 15 is 0 Å². The van der Waals surface area contributed by atoms with Crippen LogP contribution in [-0.2, 0) is 6.54 Å². The normalized spacial score (nSPS) is 11.1. The first-order valence-corrected chi connectivity index (χ1v) is 11.0. The van der Waals surface area contributed by atoms with Crippen LogP contribution < -0.4 is 5.32 Å². The molecule has 0 atom stereocenters. The van der Waals surface area contributed by atoms with Gasteiger partial charge < -0.3 is 5.32 Å². The van der Waals surface area contributed by atoms with E-state index in [1.54, 1.807) is 41.1 Å². The molecule has 0 aliphatic heterocycles. The van der Waals surface area contributed by atoms with Gasteiger partial charge in [-0.25, -0.2) is 0 Å². The fourth-order valence-corrected chi connectivity index (χ4v) is 4.27. The summed E-state index contributed by atoms with van der Waals surface area (Å²) >= 11 is 24.5. The summed E-state index contributed by atoms with van der Waals surface area (Å²) in [6, 6.07) is 12.0. The number of H-pyrrole nitrogens is 1. The Morgan fingerprint density at radius 3 is 2.38 bits per heavy atom. The maximum absolute atomic E-state index is 12.9. The van der Waals surface area contributed by atoms with E-state index in [1.807, 2.05) is 19.9 Å². The molecule has 0 saturated carbocycles. The van der Waals surface area contributed by atoms with Crippen molar-refractivity contribution in [3.05, 3.63) is 85.2 Å². The molecule has 0 radical (unpaired) electrons. The summed E-state index contributed by atoms with van der Waals surface area (Å²) in [5.74, 6) is -0.343. The van der Waals surface area contributed by atoms with Crippen LogP contribution in [0.1, 0.15) is 27.4 Å². The minimum atomic E-state index is -0.343. The molecule has 4 rings (SSSR count). The first-order valence-electron chi connectivity index (χ1n) is 9.53. The molecule has 2 aromatic carbocycles. The van der Waals surface area contributed by atoms with E-state index in [9.17, 15) is 4.79 Å². The topological polar surface area (TPSA) is 75.6 Å². The molecular formula is C22H17Cl4N5O. The summed E-state index contributed by atoms with van der Waals surface area (Å²) < 4.78 is 1.78. The first-order chi connectivity index (χ1) is 15.2. The average Bonchev–Trinajstić information content (AvgIpc) is 3.31. The van der Waals surface area contributed by atoms with Crippen molar-refractivity contribution >= 4 is 58.0 Å². The Kier molecular flexibility index (Phi) is 6.49. The molecule has 4 aromatic rings. The van der Waals surface area contributed by atoms with E-state index in [0.29, 0.717) is 55.0 Å². The van der Waals surface area contributed by atoms with E-state index in [-0.39, 0.29) is 5.91 Å². The number of nitrogens with one attached hydrogen (secondary N) is 2. The van der Waals surface area contributed by atoms with Gasteiger partial charge in [0.05, 0.1) is 34.3 Å². The van der Waals surface area contributed by atoms with Crippen LogP contribution in [0, 0.1) is 13.8 Å². The van der Waals surface area contributed by atoms with Gasteiger partial charge in [0, 0.05) is 20.6 Å². The molecule has 32 heavy (non-hydrogen) atoms. The van der Waals surface area contributed by atoms with Gasteiger partial charge in [-0.05, 0) is 55.8 Å². The Balaban J connectivity index is 1.54. The SMILES string of the molecule is Cc1nn(Cc2ccc(Cl)cc2Cl)c(C)c1NC(=O)c1cc(-c2ccc(Cl)cc2Cl)n[nH]1. The van der Waals surface area contributed by atoms with Gasteiger partial charge in [0.15, 0.2) is 0 Å². The molecular weight excluding hydrogens is 492 g/mol. The highest BCUT2D eigenvalue weighted by atomic mass is 35.5. The minimum Gasteiger partial charge on any atom is -0.318 e. The summed E-state index contributed by atoms with van der Waals surface area (Å²) in [6.45, 7) is 4.15. The number of hydrogen-bond donors (Lipinski definition) is 2. The summed E-state index contributed by atoms with van der Waals surface area (Å²) in [5, 5.41) is 16.5. The van der Waals surface area contributed by atoms with Crippen LogP contribution in [0.4, 0.5) is 5.69 Å². The molecule has 2 N–H and O–H groups in total. The molecule has 164 valence electrons. The molecule has 0 spiro atoms. The number of halogens is 4. The van der Waals surface area contributed by atoms with Gasteiger partial charge in [0.2, 0.25) is 0 Å². The number of rotatable bonds is 5. The Morgan fingerprint density at radius 1 is 1.00 bits per heavy atom. The largest absolute Gasteiger partial charge is 0.318 e. The predicted octanol–water partition coefficient (Wildman–Crippen LogP) is 6.80.